The maximum absolute atomic E-state index is 14.5. The van der Waals surface area contributed by atoms with Crippen molar-refractivity contribution in [2.45, 2.75) is 19.3 Å². The molecule has 5 nitrogen and oxygen atoms in total. The Morgan fingerprint density at radius 3 is 2.37 bits per heavy atom. The van der Waals surface area contributed by atoms with Crippen molar-refractivity contribution in [2.75, 3.05) is 13.1 Å². The Bertz CT molecular complexity index is 1210. The molecule has 0 saturated carbocycles. The number of rotatable bonds is 3. The van der Waals surface area contributed by atoms with Crippen molar-refractivity contribution >= 4 is 11.6 Å². The van der Waals surface area contributed by atoms with E-state index in [-0.39, 0.29) is 11.7 Å². The lowest BCUT2D eigenvalue weighted by Gasteiger charge is -2.26. The zero-order valence-corrected chi connectivity index (χ0v) is 16.5. The number of aromatic nitrogens is 3. The summed E-state index contributed by atoms with van der Waals surface area (Å²) in [6.45, 7) is 1.45. The third-order valence-electron chi connectivity index (χ3n) is 5.51. The minimum atomic E-state index is -0.367. The fourth-order valence-electron chi connectivity index (χ4n) is 3.94. The van der Waals surface area contributed by atoms with E-state index in [2.05, 4.69) is 10.1 Å². The molecule has 1 aliphatic heterocycles. The summed E-state index contributed by atoms with van der Waals surface area (Å²) >= 11 is 0. The highest BCUT2D eigenvalue weighted by molar-refractivity contribution is 5.94. The van der Waals surface area contributed by atoms with Gasteiger partial charge < -0.3 is 4.90 Å². The molecule has 2 aromatic heterocycles. The summed E-state index contributed by atoms with van der Waals surface area (Å²) in [4.78, 5) is 19.9. The molecule has 150 valence electrons. The molecule has 6 heteroatoms. The van der Waals surface area contributed by atoms with Gasteiger partial charge in [0.15, 0.2) is 5.65 Å². The van der Waals surface area contributed by atoms with Crippen LogP contribution in [-0.4, -0.2) is 38.5 Å². The van der Waals surface area contributed by atoms with Gasteiger partial charge in [-0.25, -0.2) is 13.9 Å². The van der Waals surface area contributed by atoms with Gasteiger partial charge in [0.05, 0.1) is 11.4 Å². The number of piperidine rings is 1. The first kappa shape index (κ1) is 18.5. The van der Waals surface area contributed by atoms with Gasteiger partial charge in [0.25, 0.3) is 5.91 Å². The fraction of sp³-hybridized carbons (Fsp3) is 0.208. The molecule has 0 aliphatic carbocycles. The van der Waals surface area contributed by atoms with Crippen molar-refractivity contribution in [1.82, 2.24) is 19.5 Å². The van der Waals surface area contributed by atoms with Crippen LogP contribution < -0.4 is 0 Å². The van der Waals surface area contributed by atoms with E-state index in [1.54, 1.807) is 28.8 Å². The van der Waals surface area contributed by atoms with Gasteiger partial charge in [0.1, 0.15) is 11.5 Å². The van der Waals surface area contributed by atoms with E-state index in [1.807, 2.05) is 41.3 Å². The van der Waals surface area contributed by atoms with Gasteiger partial charge in [-0.05, 0) is 37.5 Å². The number of benzene rings is 2. The van der Waals surface area contributed by atoms with E-state index in [0.717, 1.165) is 43.6 Å². The maximum atomic E-state index is 14.5. The zero-order valence-electron chi connectivity index (χ0n) is 16.5. The Labute approximate surface area is 173 Å². The summed E-state index contributed by atoms with van der Waals surface area (Å²) in [6, 6.07) is 19.7. The van der Waals surface area contributed by atoms with Gasteiger partial charge in [0.2, 0.25) is 0 Å². The summed E-state index contributed by atoms with van der Waals surface area (Å²) in [5.41, 5.74) is 3.39. The molecule has 2 aromatic carbocycles. The van der Waals surface area contributed by atoms with E-state index in [1.165, 1.54) is 6.07 Å². The van der Waals surface area contributed by atoms with Crippen LogP contribution in [0.1, 0.15) is 29.8 Å². The van der Waals surface area contributed by atoms with Crippen molar-refractivity contribution < 1.29 is 9.18 Å². The number of amides is 1. The largest absolute Gasteiger partial charge is 0.337 e. The lowest BCUT2D eigenvalue weighted by Crippen LogP contribution is -2.36. The second kappa shape index (κ2) is 7.71. The lowest BCUT2D eigenvalue weighted by atomic mass is 10.1. The molecule has 0 spiro atoms. The molecule has 3 heterocycles. The topological polar surface area (TPSA) is 50.5 Å². The maximum Gasteiger partial charge on any atom is 0.272 e. The van der Waals surface area contributed by atoms with Crippen LogP contribution in [0.15, 0.2) is 66.7 Å². The Kier molecular flexibility index (Phi) is 4.75. The normalized spacial score (nSPS) is 14.2. The van der Waals surface area contributed by atoms with E-state index in [9.17, 15) is 9.18 Å². The van der Waals surface area contributed by atoms with Crippen LogP contribution in [0.5, 0.6) is 0 Å². The minimum Gasteiger partial charge on any atom is -0.337 e. The molecular formula is C24H21FN4O. The smallest absolute Gasteiger partial charge is 0.272 e. The van der Waals surface area contributed by atoms with Gasteiger partial charge >= 0.3 is 0 Å². The van der Waals surface area contributed by atoms with Gasteiger partial charge in [-0.3, -0.25) is 4.79 Å². The third kappa shape index (κ3) is 3.34. The van der Waals surface area contributed by atoms with Gasteiger partial charge in [-0.2, -0.15) is 5.10 Å². The molecule has 1 aliphatic rings. The molecule has 0 N–H and O–H groups in total. The Morgan fingerprint density at radius 1 is 0.867 bits per heavy atom. The molecule has 30 heavy (non-hydrogen) atoms. The van der Waals surface area contributed by atoms with Crippen LogP contribution in [0.2, 0.25) is 0 Å². The second-order valence-electron chi connectivity index (χ2n) is 7.52. The molecule has 0 bridgehead atoms. The van der Waals surface area contributed by atoms with Crippen LogP contribution in [0, 0.1) is 5.82 Å². The van der Waals surface area contributed by atoms with Crippen molar-refractivity contribution in [3.63, 3.8) is 0 Å². The van der Waals surface area contributed by atoms with E-state index >= 15 is 0 Å². The summed E-state index contributed by atoms with van der Waals surface area (Å²) in [6.07, 6.45) is 3.12. The summed E-state index contributed by atoms with van der Waals surface area (Å²) in [5, 5.41) is 4.67. The quantitative estimate of drug-likeness (QED) is 0.495. The first-order valence-corrected chi connectivity index (χ1v) is 10.2. The predicted octanol–water partition coefficient (Wildman–Crippen LogP) is 4.83. The van der Waals surface area contributed by atoms with Crippen molar-refractivity contribution in [1.29, 1.82) is 0 Å². The Balaban J connectivity index is 1.69. The standard InChI is InChI=1S/C24H21FN4O/c25-19-12-6-5-11-18(19)21-15-22(24(30)28-13-7-2-8-14-28)29-23(26-21)16-20(27-29)17-9-3-1-4-10-17/h1,3-6,9-12,15-16H,2,7-8,13-14H2. The molecule has 1 saturated heterocycles. The van der Waals surface area contributed by atoms with E-state index < -0.39 is 0 Å². The Hall–Kier alpha value is -3.54. The SMILES string of the molecule is O=C(c1cc(-c2ccccc2F)nc2cc(-c3ccccc3)nn12)N1CCCCC1. The van der Waals surface area contributed by atoms with Crippen LogP contribution >= 0.6 is 0 Å². The van der Waals surface area contributed by atoms with E-state index in [4.69, 9.17) is 0 Å². The van der Waals surface area contributed by atoms with Crippen LogP contribution in [-0.2, 0) is 0 Å². The van der Waals surface area contributed by atoms with Crippen LogP contribution in [0.3, 0.4) is 0 Å². The number of fused-ring (bicyclic) bond motifs is 1. The monoisotopic (exact) mass is 400 g/mol. The van der Waals surface area contributed by atoms with Crippen molar-refractivity contribution in [3.05, 3.63) is 78.2 Å². The number of hydrogen-bond acceptors (Lipinski definition) is 3. The second-order valence-corrected chi connectivity index (χ2v) is 7.52. The number of halogens is 1. The molecule has 0 radical (unpaired) electrons. The average Bonchev–Trinajstić information content (AvgIpc) is 3.24. The number of hydrogen-bond donors (Lipinski definition) is 0. The van der Waals surface area contributed by atoms with E-state index in [0.29, 0.717) is 22.6 Å². The highest BCUT2D eigenvalue weighted by Crippen LogP contribution is 2.26. The summed E-state index contributed by atoms with van der Waals surface area (Å²) < 4.78 is 16.1. The minimum absolute atomic E-state index is 0.0950. The molecular weight excluding hydrogens is 379 g/mol. The molecule has 0 atom stereocenters. The number of carbonyl (C=O) groups excluding carboxylic acids is 1. The first-order valence-electron chi connectivity index (χ1n) is 10.2. The number of likely N-dealkylation sites (tertiary alicyclic amines) is 1. The van der Waals surface area contributed by atoms with Crippen LogP contribution in [0.4, 0.5) is 4.39 Å². The van der Waals surface area contributed by atoms with Crippen molar-refractivity contribution in [3.8, 4) is 22.5 Å². The van der Waals surface area contributed by atoms with Crippen LogP contribution in [0.25, 0.3) is 28.2 Å². The van der Waals surface area contributed by atoms with Gasteiger partial charge in [-0.15, -0.1) is 0 Å². The highest BCUT2D eigenvalue weighted by Gasteiger charge is 2.23. The van der Waals surface area contributed by atoms with Gasteiger partial charge in [0, 0.05) is 30.3 Å². The fourth-order valence-corrected chi connectivity index (χ4v) is 3.94. The molecule has 0 unspecified atom stereocenters. The third-order valence-corrected chi connectivity index (χ3v) is 5.51. The highest BCUT2D eigenvalue weighted by atomic mass is 19.1. The molecule has 1 amide bonds. The molecule has 5 rings (SSSR count). The number of nitrogens with zero attached hydrogens (tertiary/aromatic N) is 4. The average molecular weight is 400 g/mol. The van der Waals surface area contributed by atoms with Crippen molar-refractivity contribution in [2.24, 2.45) is 0 Å². The Morgan fingerprint density at radius 2 is 1.60 bits per heavy atom. The summed E-state index contributed by atoms with van der Waals surface area (Å²) in [7, 11) is 0. The lowest BCUT2D eigenvalue weighted by molar-refractivity contribution is 0.0715. The predicted molar refractivity (Wildman–Crippen MR) is 114 cm³/mol. The number of carbonyl (C=O) groups is 1. The van der Waals surface area contributed by atoms with Gasteiger partial charge in [-0.1, -0.05) is 42.5 Å². The first-order chi connectivity index (χ1) is 14.7. The summed E-state index contributed by atoms with van der Waals surface area (Å²) in [5.74, 6) is -0.462. The molecule has 4 aromatic rings. The molecule has 1 fully saturated rings. The zero-order chi connectivity index (χ0) is 20.5.